The van der Waals surface area contributed by atoms with Gasteiger partial charge in [-0.25, -0.2) is 19.2 Å². The summed E-state index contributed by atoms with van der Waals surface area (Å²) in [6.45, 7) is 4.55. The van der Waals surface area contributed by atoms with E-state index in [2.05, 4.69) is 12.6 Å². The molecular formula is C55H51NO25S. The van der Waals surface area contributed by atoms with Crippen molar-refractivity contribution in [1.29, 1.82) is 0 Å². The fourth-order valence-corrected chi connectivity index (χ4v) is 7.20. The molecule has 27 heteroatoms. The number of carbonyl (C=O) groups is 4. The molecular weight excluding hydrogens is 1110 g/mol. The topological polar surface area (TPSA) is 387 Å². The Morgan fingerprint density at radius 1 is 0.427 bits per heavy atom. The second-order valence-corrected chi connectivity index (χ2v) is 17.3. The second-order valence-electron chi connectivity index (χ2n) is 16.7. The van der Waals surface area contributed by atoms with Crippen LogP contribution in [0.25, 0.3) is 0 Å². The summed E-state index contributed by atoms with van der Waals surface area (Å²) in [5.74, 6) is -0.818. The number of hydrogen-bond donors (Lipinski definition) is 11. The highest BCUT2D eigenvalue weighted by molar-refractivity contribution is 7.80. The average Bonchev–Trinajstić information content (AvgIpc) is 4.46. The predicted molar refractivity (Wildman–Crippen MR) is 286 cm³/mol. The Kier molecular flexibility index (Phi) is 19.7. The van der Waals surface area contributed by atoms with Crippen molar-refractivity contribution in [3.63, 3.8) is 0 Å². The van der Waals surface area contributed by atoms with Gasteiger partial charge in [-0.15, -0.1) is 12.6 Å². The van der Waals surface area contributed by atoms with Crippen LogP contribution in [0.1, 0.15) is 62.7 Å². The molecule has 0 atom stereocenters. The van der Waals surface area contributed by atoms with E-state index in [1.54, 1.807) is 54.6 Å². The van der Waals surface area contributed by atoms with E-state index in [9.17, 15) is 24.3 Å². The van der Waals surface area contributed by atoms with Crippen LogP contribution in [0.3, 0.4) is 0 Å². The van der Waals surface area contributed by atoms with Gasteiger partial charge in [0.05, 0.1) is 5.56 Å². The largest absolute Gasteiger partial charge is 0.508 e. The number of phenols is 5. The molecule has 7 aromatic rings. The first kappa shape index (κ1) is 60.4. The number of nitrogen functional groups attached to an aromatic ring is 1. The molecule has 0 unspecified atom stereocenters. The lowest BCUT2D eigenvalue weighted by Gasteiger charge is -2.16. The first-order chi connectivity index (χ1) is 38.6. The van der Waals surface area contributed by atoms with Crippen LogP contribution in [0.2, 0.25) is 0 Å². The van der Waals surface area contributed by atoms with Gasteiger partial charge < -0.3 is 109 Å². The maximum atomic E-state index is 10.6. The SMILES string of the molecule is C.CC1(C)Oc2ccc(O)cc2O1.Nc1ccc2c(c1)OCO2.O=C(O)c1ccc(O)c(O)c1O.O=C(O)c1ccc2c(c1)OCO2.O=C(O)c1ccc2c(c1O)OCO2.O=C(O)c1cccc2c1OCO2.Sc1ccc2c(c1)OCO2. The zero-order valence-corrected chi connectivity index (χ0v) is 43.0. The third-order valence-electron chi connectivity index (χ3n) is 10.7. The predicted octanol–water partition coefficient (Wildman–Crippen LogP) is 8.78. The molecule has 0 aliphatic carbocycles. The van der Waals surface area contributed by atoms with Crippen molar-refractivity contribution in [3.8, 4) is 97.7 Å². The third-order valence-corrected chi connectivity index (χ3v) is 11.0. The Hall–Kier alpha value is -10.8. The van der Waals surface area contributed by atoms with Crippen LogP contribution in [-0.4, -0.2) is 110 Å². The van der Waals surface area contributed by atoms with E-state index in [0.717, 1.165) is 40.0 Å². The highest BCUT2D eigenvalue weighted by atomic mass is 32.1. The molecule has 26 nitrogen and oxygen atoms in total. The van der Waals surface area contributed by atoms with Crippen LogP contribution >= 0.6 is 12.6 Å². The van der Waals surface area contributed by atoms with Crippen LogP contribution < -0.4 is 62.6 Å². The minimum Gasteiger partial charge on any atom is -0.508 e. The Morgan fingerprint density at radius 2 is 0.890 bits per heavy atom. The highest BCUT2D eigenvalue weighted by Crippen LogP contribution is 2.43. The summed E-state index contributed by atoms with van der Waals surface area (Å²) >= 11 is 4.15. The van der Waals surface area contributed by atoms with Crippen LogP contribution in [0, 0.1) is 0 Å². The number of phenolic OH excluding ortho intramolecular Hbond substituents is 3. The fourth-order valence-electron chi connectivity index (χ4n) is 7.01. The standard InChI is InChI=1S/C9H10O3.C8H6O5.2C8H6O4.C7H7NO2.C7H6O5.C7H6O2S.CH4/c1-9(2)11-7-4-3-6(10)5-8(7)12-9;9-6-4(8(10)11)1-2-5-7(6)13-3-12-5;9-8(10)5-1-2-6-7(3-5)12-4-11-6;9-8(10)5-2-1-3-6-7(5)12-4-11-6;8-5-1-2-6-7(3-5)10-4-9-6;8-4-2-1-3(7(11)12)5(9)6(4)10;10-5-1-2-6-7(3-5)9-4-8-6;/h3-5,10H,1-2H3;1-2,9H,3H2,(H,10,11);2*1-3H,4H2,(H,9,10);1-3H,4,8H2;1-2,8-10H,(H,11,12);1-3,10H,4H2;1H4. The number of anilines is 1. The Labute approximate surface area is 469 Å². The van der Waals surface area contributed by atoms with E-state index in [1.807, 2.05) is 32.0 Å². The van der Waals surface area contributed by atoms with E-state index in [0.29, 0.717) is 59.5 Å². The number of fused-ring (bicyclic) bond motifs is 6. The van der Waals surface area contributed by atoms with Crippen LogP contribution in [-0.2, 0) is 0 Å². The van der Waals surface area contributed by atoms with E-state index < -0.39 is 52.5 Å². The van der Waals surface area contributed by atoms with Gasteiger partial charge in [0.2, 0.25) is 51.3 Å². The minimum atomic E-state index is -1.37. The van der Waals surface area contributed by atoms with Gasteiger partial charge in [0, 0.05) is 36.6 Å². The molecule has 432 valence electrons. The van der Waals surface area contributed by atoms with E-state index >= 15 is 0 Å². The number of aromatic carboxylic acids is 4. The highest BCUT2D eigenvalue weighted by Gasteiger charge is 2.32. The molecule has 6 aliphatic heterocycles. The van der Waals surface area contributed by atoms with Crippen molar-refractivity contribution < 1.29 is 122 Å². The van der Waals surface area contributed by atoms with Gasteiger partial charge in [-0.3, -0.25) is 0 Å². The number of nitrogens with two attached hydrogens (primary N) is 1. The lowest BCUT2D eigenvalue weighted by molar-refractivity contribution is -0.0432. The molecule has 13 rings (SSSR count). The molecule has 0 saturated heterocycles. The molecule has 6 aliphatic rings. The van der Waals surface area contributed by atoms with Crippen LogP contribution in [0.15, 0.2) is 120 Å². The Balaban J connectivity index is 0.000000154. The molecule has 0 amide bonds. The lowest BCUT2D eigenvalue weighted by Crippen LogP contribution is -2.29. The molecule has 0 spiro atoms. The van der Waals surface area contributed by atoms with Gasteiger partial charge in [-0.1, -0.05) is 13.5 Å². The van der Waals surface area contributed by atoms with Crippen molar-refractivity contribution >= 4 is 42.2 Å². The van der Waals surface area contributed by atoms with Crippen molar-refractivity contribution in [3.05, 3.63) is 138 Å². The van der Waals surface area contributed by atoms with E-state index in [1.165, 1.54) is 30.3 Å². The third kappa shape index (κ3) is 15.3. The van der Waals surface area contributed by atoms with Gasteiger partial charge in [-0.2, -0.15) is 0 Å². The Morgan fingerprint density at radius 3 is 1.50 bits per heavy atom. The zero-order chi connectivity index (χ0) is 58.5. The first-order valence-electron chi connectivity index (χ1n) is 23.1. The molecule has 7 aromatic carbocycles. The van der Waals surface area contributed by atoms with Gasteiger partial charge in [-0.05, 0) is 97.1 Å². The fraction of sp³-hybridized carbons (Fsp3) is 0.164. The molecule has 6 heterocycles. The molecule has 82 heavy (non-hydrogen) atoms. The van der Waals surface area contributed by atoms with Crippen molar-refractivity contribution in [2.24, 2.45) is 0 Å². The molecule has 0 fully saturated rings. The summed E-state index contributed by atoms with van der Waals surface area (Å²) in [6.07, 6.45) is 0. The Bertz CT molecular complexity index is 3420. The maximum Gasteiger partial charge on any atom is 0.339 e. The van der Waals surface area contributed by atoms with E-state index in [4.69, 9.17) is 103 Å². The van der Waals surface area contributed by atoms with Gasteiger partial charge in [0.25, 0.3) is 0 Å². The maximum absolute atomic E-state index is 10.6. The molecule has 0 radical (unpaired) electrons. The van der Waals surface area contributed by atoms with Crippen molar-refractivity contribution in [1.82, 2.24) is 0 Å². The van der Waals surface area contributed by atoms with Gasteiger partial charge >= 0.3 is 23.9 Å². The molecule has 11 N–H and O–H groups in total. The number of carboxylic acids is 4. The number of thiol groups is 1. The lowest BCUT2D eigenvalue weighted by atomic mass is 10.2. The van der Waals surface area contributed by atoms with E-state index in [-0.39, 0.29) is 61.7 Å². The molecule has 0 saturated carbocycles. The summed E-state index contributed by atoms with van der Waals surface area (Å²) < 4.78 is 61.0. The smallest absolute Gasteiger partial charge is 0.339 e. The number of rotatable bonds is 4. The number of ether oxygens (including phenoxy) is 12. The minimum absolute atomic E-state index is 0. The average molecular weight is 1160 g/mol. The second kappa shape index (κ2) is 26.7. The zero-order valence-electron chi connectivity index (χ0n) is 42.1. The van der Waals surface area contributed by atoms with Crippen molar-refractivity contribution in [2.75, 3.05) is 39.7 Å². The number of para-hydroxylation sites is 1. The molecule has 0 bridgehead atoms. The van der Waals surface area contributed by atoms with Crippen molar-refractivity contribution in [2.45, 2.75) is 32.0 Å². The summed E-state index contributed by atoms with van der Waals surface area (Å²) in [6, 6.07) is 29.7. The molecule has 0 aromatic heterocycles. The monoisotopic (exact) mass is 1160 g/mol. The number of benzene rings is 7. The summed E-state index contributed by atoms with van der Waals surface area (Å²) in [7, 11) is 0. The number of carboxylic acid groups (broad SMARTS) is 4. The normalized spacial score (nSPS) is 13.2. The van der Waals surface area contributed by atoms with Gasteiger partial charge in [0.15, 0.2) is 80.5 Å². The van der Waals surface area contributed by atoms with Gasteiger partial charge in [0.1, 0.15) is 22.4 Å². The number of aromatic hydroxyl groups is 5. The summed E-state index contributed by atoms with van der Waals surface area (Å²) in [5.41, 5.74) is 5.90. The van der Waals surface area contributed by atoms with Crippen LogP contribution in [0.4, 0.5) is 5.69 Å². The number of hydrogen-bond acceptors (Lipinski definition) is 23. The van der Waals surface area contributed by atoms with Crippen LogP contribution in [0.5, 0.6) is 97.7 Å². The summed E-state index contributed by atoms with van der Waals surface area (Å²) in [4.78, 5) is 42.9. The first-order valence-corrected chi connectivity index (χ1v) is 23.6. The quantitative estimate of drug-likeness (QED) is 0.0445. The summed E-state index contributed by atoms with van der Waals surface area (Å²) in [5, 5.41) is 79.6.